The van der Waals surface area contributed by atoms with Gasteiger partial charge < -0.3 is 10.3 Å². The second-order valence-corrected chi connectivity index (χ2v) is 7.04. The van der Waals surface area contributed by atoms with Crippen LogP contribution in [0.15, 0.2) is 29.5 Å². The summed E-state index contributed by atoms with van der Waals surface area (Å²) in [5.74, 6) is 0.704. The van der Waals surface area contributed by atoms with E-state index < -0.39 is 0 Å². The Morgan fingerprint density at radius 3 is 2.58 bits per heavy atom. The van der Waals surface area contributed by atoms with Crippen molar-refractivity contribution in [1.82, 2.24) is 19.9 Å². The number of fused-ring (bicyclic) bond motifs is 1. The maximum absolute atomic E-state index is 4.63. The Morgan fingerprint density at radius 2 is 2.00 bits per heavy atom. The van der Waals surface area contributed by atoms with Crippen LogP contribution in [-0.4, -0.2) is 31.2 Å². The summed E-state index contributed by atoms with van der Waals surface area (Å²) in [4.78, 5) is 21.3. The molecule has 7 heteroatoms. The van der Waals surface area contributed by atoms with Crippen LogP contribution >= 0.6 is 22.6 Å². The maximum Gasteiger partial charge on any atom is 0.158 e. The number of anilines is 1. The monoisotopic (exact) mass is 434 g/mol. The number of hydrogen-bond donors (Lipinski definition) is 2. The normalized spacial score (nSPS) is 12.2. The highest BCUT2D eigenvalue weighted by atomic mass is 127. The fourth-order valence-electron chi connectivity index (χ4n) is 2.36. The summed E-state index contributed by atoms with van der Waals surface area (Å²) in [7, 11) is 1.87. The zero-order chi connectivity index (χ0) is 17.3. The largest absolute Gasteiger partial charge is 0.386 e. The minimum absolute atomic E-state index is 0.0204. The lowest BCUT2D eigenvalue weighted by Crippen LogP contribution is -2.13. The molecule has 2 aromatic heterocycles. The zero-order valence-corrected chi connectivity index (χ0v) is 16.2. The van der Waals surface area contributed by atoms with Crippen molar-refractivity contribution in [3.8, 4) is 11.5 Å². The molecule has 6 nitrogen and oxygen atoms in total. The summed E-state index contributed by atoms with van der Waals surface area (Å²) in [5.41, 5.74) is 5.24. The smallest absolute Gasteiger partial charge is 0.158 e. The molecule has 24 heavy (non-hydrogen) atoms. The Morgan fingerprint density at radius 1 is 1.21 bits per heavy atom. The van der Waals surface area contributed by atoms with Gasteiger partial charge in [0.05, 0.1) is 38.5 Å². The number of benzene rings is 1. The van der Waals surface area contributed by atoms with E-state index in [1.807, 2.05) is 25.4 Å². The van der Waals surface area contributed by atoms with E-state index in [1.165, 1.54) is 0 Å². The molecule has 0 atom stereocenters. The Kier molecular flexibility index (Phi) is 4.53. The van der Waals surface area contributed by atoms with Gasteiger partial charge in [-0.05, 0) is 34.7 Å². The third-order valence-corrected chi connectivity index (χ3v) is 4.00. The molecule has 124 valence electrons. The van der Waals surface area contributed by atoms with Crippen molar-refractivity contribution in [2.24, 2.45) is 4.99 Å². The lowest BCUT2D eigenvalue weighted by Gasteiger charge is -2.16. The van der Waals surface area contributed by atoms with Gasteiger partial charge in [0.15, 0.2) is 5.82 Å². The fraction of sp³-hybridized carbons (Fsp3) is 0.294. The van der Waals surface area contributed by atoms with Gasteiger partial charge in [-0.1, -0.05) is 20.8 Å². The van der Waals surface area contributed by atoms with E-state index in [4.69, 9.17) is 0 Å². The number of aromatic nitrogens is 4. The molecule has 1 aromatic carbocycles. The van der Waals surface area contributed by atoms with Crippen LogP contribution < -0.4 is 5.32 Å². The van der Waals surface area contributed by atoms with Crippen molar-refractivity contribution in [3.63, 3.8) is 0 Å². The van der Waals surface area contributed by atoms with Gasteiger partial charge in [0.25, 0.3) is 0 Å². The second kappa shape index (κ2) is 6.46. The summed E-state index contributed by atoms with van der Waals surface area (Å²) in [6, 6.07) is 3.95. The summed E-state index contributed by atoms with van der Waals surface area (Å²) in [6.45, 7) is 6.35. The molecule has 0 aliphatic rings. The van der Waals surface area contributed by atoms with Gasteiger partial charge in [0.1, 0.15) is 5.69 Å². The molecule has 0 aliphatic heterocycles. The van der Waals surface area contributed by atoms with Gasteiger partial charge in [-0.25, -0.2) is 15.0 Å². The Labute approximate surface area is 154 Å². The molecule has 0 bridgehead atoms. The quantitative estimate of drug-likeness (QED) is 0.472. The third-order valence-electron chi connectivity index (χ3n) is 3.72. The number of hydrogen-bond acceptors (Lipinski definition) is 5. The van der Waals surface area contributed by atoms with Gasteiger partial charge >= 0.3 is 0 Å². The second-order valence-electron chi connectivity index (χ2n) is 6.49. The average Bonchev–Trinajstić information content (AvgIpc) is 2.96. The summed E-state index contributed by atoms with van der Waals surface area (Å²) < 4.78 is 1.74. The SMILES string of the molecule is CNc1cc2nc(-c3cnc(C(C)(C)C)cn3)[nH]c2cc1/N=C/I. The molecule has 0 saturated carbocycles. The van der Waals surface area contributed by atoms with Crippen LogP contribution in [0.25, 0.3) is 22.6 Å². The maximum atomic E-state index is 4.63. The molecule has 2 N–H and O–H groups in total. The molecule has 0 aliphatic carbocycles. The Bertz CT molecular complexity index is 890. The van der Waals surface area contributed by atoms with Gasteiger partial charge in [-0.2, -0.15) is 0 Å². The van der Waals surface area contributed by atoms with Crippen LogP contribution in [0.1, 0.15) is 26.5 Å². The number of imidazole rings is 1. The Hall–Kier alpha value is -2.03. The van der Waals surface area contributed by atoms with E-state index in [9.17, 15) is 0 Å². The minimum atomic E-state index is -0.0204. The average molecular weight is 434 g/mol. The van der Waals surface area contributed by atoms with E-state index in [0.717, 1.165) is 33.8 Å². The number of aliphatic imine (C=N–C) groups is 1. The zero-order valence-electron chi connectivity index (χ0n) is 14.1. The molecular formula is C17H19IN6. The van der Waals surface area contributed by atoms with E-state index in [1.54, 1.807) is 10.4 Å². The first-order valence-electron chi connectivity index (χ1n) is 7.59. The molecule has 0 amide bonds. The van der Waals surface area contributed by atoms with Crippen molar-refractivity contribution in [2.45, 2.75) is 26.2 Å². The van der Waals surface area contributed by atoms with Crippen LogP contribution in [0, 0.1) is 0 Å². The number of nitrogens with one attached hydrogen (secondary N) is 2. The Balaban J connectivity index is 2.04. The summed E-state index contributed by atoms with van der Waals surface area (Å²) in [6.07, 6.45) is 3.58. The van der Waals surface area contributed by atoms with Crippen LogP contribution in [0.3, 0.4) is 0 Å². The first kappa shape index (κ1) is 16.8. The number of H-pyrrole nitrogens is 1. The number of halogens is 1. The molecule has 0 saturated heterocycles. The standard InChI is InChI=1S/C17H19IN6/c1-17(2,3)15-8-20-14(7-21-15)16-23-12-5-10(19-4)11(22-9-18)6-13(12)24-16/h5-9,19H,1-4H3,(H,23,24)/b22-9+. The fourth-order valence-corrected chi connectivity index (χ4v) is 2.66. The van der Waals surface area contributed by atoms with Gasteiger partial charge in [-0.15, -0.1) is 0 Å². The molecule has 0 radical (unpaired) electrons. The van der Waals surface area contributed by atoms with Gasteiger partial charge in [0, 0.05) is 18.7 Å². The predicted octanol–water partition coefficient (Wildman–Crippen LogP) is 4.45. The summed E-state index contributed by atoms with van der Waals surface area (Å²) in [5, 5.41) is 3.15. The van der Waals surface area contributed by atoms with Crippen LogP contribution in [0.5, 0.6) is 0 Å². The van der Waals surface area contributed by atoms with E-state index in [0.29, 0.717) is 5.82 Å². The van der Waals surface area contributed by atoms with Crippen molar-refractivity contribution in [1.29, 1.82) is 0 Å². The van der Waals surface area contributed by atoms with Crippen molar-refractivity contribution in [3.05, 3.63) is 30.2 Å². The highest BCUT2D eigenvalue weighted by Gasteiger charge is 2.16. The molecule has 0 spiro atoms. The predicted molar refractivity (Wildman–Crippen MR) is 108 cm³/mol. The molecule has 0 unspecified atom stereocenters. The van der Waals surface area contributed by atoms with E-state index in [2.05, 4.69) is 73.6 Å². The number of rotatable bonds is 3. The van der Waals surface area contributed by atoms with E-state index in [-0.39, 0.29) is 5.41 Å². The lowest BCUT2D eigenvalue weighted by atomic mass is 9.93. The minimum Gasteiger partial charge on any atom is -0.386 e. The van der Waals surface area contributed by atoms with Crippen LogP contribution in [-0.2, 0) is 5.41 Å². The highest BCUT2D eigenvalue weighted by Crippen LogP contribution is 2.31. The van der Waals surface area contributed by atoms with Gasteiger partial charge in [-0.3, -0.25) is 4.98 Å². The molecule has 2 heterocycles. The van der Waals surface area contributed by atoms with Crippen LogP contribution in [0.4, 0.5) is 11.4 Å². The van der Waals surface area contributed by atoms with Gasteiger partial charge in [0.2, 0.25) is 0 Å². The molecule has 3 aromatic rings. The topological polar surface area (TPSA) is 78.9 Å². The number of aromatic amines is 1. The molecule has 3 rings (SSSR count). The third kappa shape index (κ3) is 3.26. The molecule has 0 fully saturated rings. The molecular weight excluding hydrogens is 415 g/mol. The van der Waals surface area contributed by atoms with Crippen LogP contribution in [0.2, 0.25) is 0 Å². The first-order chi connectivity index (χ1) is 11.4. The van der Waals surface area contributed by atoms with E-state index >= 15 is 0 Å². The highest BCUT2D eigenvalue weighted by molar-refractivity contribution is 14.1. The van der Waals surface area contributed by atoms with Crippen molar-refractivity contribution in [2.75, 3.05) is 12.4 Å². The lowest BCUT2D eigenvalue weighted by molar-refractivity contribution is 0.565. The summed E-state index contributed by atoms with van der Waals surface area (Å²) >= 11 is 2.11. The van der Waals surface area contributed by atoms with Crippen molar-refractivity contribution >= 4 is 49.2 Å². The number of nitrogens with zero attached hydrogens (tertiary/aromatic N) is 4. The first-order valence-corrected chi connectivity index (χ1v) is 8.84. The van der Waals surface area contributed by atoms with Crippen molar-refractivity contribution < 1.29 is 0 Å².